The molecule has 8 nitrogen and oxygen atoms in total. The maximum atomic E-state index is 14.1. The lowest BCUT2D eigenvalue weighted by Crippen LogP contribution is -2.49. The van der Waals surface area contributed by atoms with E-state index in [1.54, 1.807) is 65.6 Å². The quantitative estimate of drug-likeness (QED) is 0.286. The van der Waals surface area contributed by atoms with Crippen molar-refractivity contribution in [3.8, 4) is 5.75 Å². The largest absolute Gasteiger partial charge is 0.497 e. The lowest BCUT2D eigenvalue weighted by molar-refractivity contribution is -0.117. The van der Waals surface area contributed by atoms with E-state index >= 15 is 0 Å². The summed E-state index contributed by atoms with van der Waals surface area (Å²) < 4.78 is 32.7. The Morgan fingerprint density at radius 2 is 1.48 bits per heavy atom. The van der Waals surface area contributed by atoms with E-state index < -0.39 is 5.82 Å². The first-order valence-corrected chi connectivity index (χ1v) is 14.2. The summed E-state index contributed by atoms with van der Waals surface area (Å²) in [6.45, 7) is 1.97. The molecule has 0 radical (unpaired) electrons. The number of benzene rings is 4. The number of halogens is 2. The Morgan fingerprint density at radius 3 is 2.11 bits per heavy atom. The lowest BCUT2D eigenvalue weighted by atomic mass is 10.1. The first kappa shape index (κ1) is 30.2. The summed E-state index contributed by atoms with van der Waals surface area (Å²) in [5, 5.41) is 2.85. The van der Waals surface area contributed by atoms with E-state index in [0.717, 1.165) is 5.69 Å². The highest BCUT2D eigenvalue weighted by molar-refractivity contribution is 5.99. The summed E-state index contributed by atoms with van der Waals surface area (Å²) in [6.07, 6.45) is 0. The number of ether oxygens (including phenoxy) is 1. The van der Waals surface area contributed by atoms with Crippen molar-refractivity contribution in [3.05, 3.63) is 125 Å². The molecule has 0 aromatic heterocycles. The van der Waals surface area contributed by atoms with Crippen molar-refractivity contribution in [1.29, 1.82) is 0 Å². The molecule has 4 aromatic carbocycles. The van der Waals surface area contributed by atoms with Crippen LogP contribution in [0.25, 0.3) is 0 Å². The molecule has 1 fully saturated rings. The molecule has 3 amide bonds. The highest BCUT2D eigenvalue weighted by Gasteiger charge is 2.24. The summed E-state index contributed by atoms with van der Waals surface area (Å²) in [5.74, 6) is -1.37. The molecule has 0 spiro atoms. The third-order valence-electron chi connectivity index (χ3n) is 7.43. The number of rotatable bonds is 9. The van der Waals surface area contributed by atoms with Gasteiger partial charge in [-0.25, -0.2) is 8.78 Å². The molecule has 1 aliphatic rings. The van der Waals surface area contributed by atoms with Crippen LogP contribution in [0.15, 0.2) is 97.1 Å². The number of hydrogen-bond donors (Lipinski definition) is 1. The van der Waals surface area contributed by atoms with Gasteiger partial charge >= 0.3 is 0 Å². The molecule has 226 valence electrons. The molecule has 44 heavy (non-hydrogen) atoms. The second-order valence-electron chi connectivity index (χ2n) is 10.4. The van der Waals surface area contributed by atoms with Crippen molar-refractivity contribution >= 4 is 29.1 Å². The van der Waals surface area contributed by atoms with Crippen LogP contribution in [0.3, 0.4) is 0 Å². The van der Waals surface area contributed by atoms with Gasteiger partial charge in [0.25, 0.3) is 11.8 Å². The van der Waals surface area contributed by atoms with Crippen molar-refractivity contribution in [2.45, 2.75) is 6.54 Å². The normalized spacial score (nSPS) is 12.9. The minimum absolute atomic E-state index is 0.0722. The van der Waals surface area contributed by atoms with Crippen molar-refractivity contribution in [2.24, 2.45) is 0 Å². The maximum Gasteiger partial charge on any atom is 0.256 e. The predicted molar refractivity (Wildman–Crippen MR) is 164 cm³/mol. The van der Waals surface area contributed by atoms with E-state index in [9.17, 15) is 23.2 Å². The van der Waals surface area contributed by atoms with Crippen LogP contribution in [0, 0.1) is 11.6 Å². The Bertz CT molecular complexity index is 1600. The molecule has 0 unspecified atom stereocenters. The molecule has 1 saturated heterocycles. The minimum atomic E-state index is -0.527. The van der Waals surface area contributed by atoms with Gasteiger partial charge in [0.05, 0.1) is 12.7 Å². The molecule has 4 aromatic rings. The first-order chi connectivity index (χ1) is 21.3. The molecule has 1 heterocycles. The zero-order valence-electron chi connectivity index (χ0n) is 24.2. The fourth-order valence-electron chi connectivity index (χ4n) is 5.03. The second-order valence-corrected chi connectivity index (χ2v) is 10.4. The van der Waals surface area contributed by atoms with Crippen molar-refractivity contribution in [3.63, 3.8) is 0 Å². The molecule has 0 bridgehead atoms. The SMILES string of the molecule is COc1ccc(C(=O)N(CC(=O)Nc2ccc(N3CCN(C(=O)c4ccccc4F)CC3)cc2)Cc2ccc(F)cc2)cc1. The molecule has 10 heteroatoms. The van der Waals surface area contributed by atoms with Gasteiger partial charge in [-0.3, -0.25) is 14.4 Å². The zero-order chi connectivity index (χ0) is 31.1. The van der Waals surface area contributed by atoms with Crippen molar-refractivity contribution in [1.82, 2.24) is 9.80 Å². The van der Waals surface area contributed by atoms with Crippen LogP contribution in [0.4, 0.5) is 20.2 Å². The number of piperazine rings is 1. The average Bonchev–Trinajstić information content (AvgIpc) is 3.05. The lowest BCUT2D eigenvalue weighted by Gasteiger charge is -2.36. The van der Waals surface area contributed by atoms with E-state index in [2.05, 4.69) is 10.2 Å². The molecule has 1 aliphatic heterocycles. The van der Waals surface area contributed by atoms with Gasteiger partial charge in [-0.05, 0) is 78.4 Å². The number of carbonyl (C=O) groups excluding carboxylic acids is 3. The van der Waals surface area contributed by atoms with Crippen LogP contribution in [0.2, 0.25) is 0 Å². The molecular weight excluding hydrogens is 566 g/mol. The average molecular weight is 599 g/mol. The number of amides is 3. The van der Waals surface area contributed by atoms with Gasteiger partial charge in [-0.1, -0.05) is 24.3 Å². The molecule has 0 aliphatic carbocycles. The molecule has 0 saturated carbocycles. The van der Waals surface area contributed by atoms with Gasteiger partial charge < -0.3 is 24.8 Å². The van der Waals surface area contributed by atoms with Crippen molar-refractivity contribution in [2.75, 3.05) is 50.1 Å². The molecule has 5 rings (SSSR count). The van der Waals surface area contributed by atoms with E-state index in [1.807, 2.05) is 12.1 Å². The van der Waals surface area contributed by atoms with Gasteiger partial charge in [0.15, 0.2) is 0 Å². The fourth-order valence-corrected chi connectivity index (χ4v) is 5.03. The Kier molecular flexibility index (Phi) is 9.49. The van der Waals surface area contributed by atoms with Crippen LogP contribution < -0.4 is 15.0 Å². The van der Waals surface area contributed by atoms with Gasteiger partial charge in [0.1, 0.15) is 23.9 Å². The third-order valence-corrected chi connectivity index (χ3v) is 7.43. The molecule has 0 atom stereocenters. The number of hydrogen-bond acceptors (Lipinski definition) is 5. The van der Waals surface area contributed by atoms with Gasteiger partial charge in [-0.15, -0.1) is 0 Å². The number of nitrogens with one attached hydrogen (secondary N) is 1. The van der Waals surface area contributed by atoms with Crippen LogP contribution in [-0.4, -0.2) is 67.4 Å². The van der Waals surface area contributed by atoms with Gasteiger partial charge in [0, 0.05) is 49.7 Å². The van der Waals surface area contributed by atoms with Crippen molar-refractivity contribution < 1.29 is 27.9 Å². The Balaban J connectivity index is 1.19. The highest BCUT2D eigenvalue weighted by Crippen LogP contribution is 2.21. The topological polar surface area (TPSA) is 82.2 Å². The van der Waals surface area contributed by atoms with E-state index in [1.165, 1.54) is 36.3 Å². The van der Waals surface area contributed by atoms with E-state index in [0.29, 0.717) is 48.7 Å². The summed E-state index contributed by atoms with van der Waals surface area (Å²) in [4.78, 5) is 44.3. The smallest absolute Gasteiger partial charge is 0.256 e. The van der Waals surface area contributed by atoms with Crippen LogP contribution in [-0.2, 0) is 11.3 Å². The summed E-state index contributed by atoms with van der Waals surface area (Å²) in [5.41, 5.74) is 2.63. The van der Waals surface area contributed by atoms with Crippen LogP contribution in [0.5, 0.6) is 5.75 Å². The number of carbonyl (C=O) groups is 3. The van der Waals surface area contributed by atoms with Gasteiger partial charge in [-0.2, -0.15) is 0 Å². The number of nitrogens with zero attached hydrogens (tertiary/aromatic N) is 3. The summed E-state index contributed by atoms with van der Waals surface area (Å²) >= 11 is 0. The number of anilines is 2. The van der Waals surface area contributed by atoms with Crippen LogP contribution >= 0.6 is 0 Å². The van der Waals surface area contributed by atoms with Gasteiger partial charge in [0.2, 0.25) is 5.91 Å². The highest BCUT2D eigenvalue weighted by atomic mass is 19.1. The molecular formula is C34H32F2N4O4. The second kappa shape index (κ2) is 13.8. The van der Waals surface area contributed by atoms with Crippen LogP contribution in [0.1, 0.15) is 26.3 Å². The summed E-state index contributed by atoms with van der Waals surface area (Å²) in [6, 6.07) is 25.7. The summed E-state index contributed by atoms with van der Waals surface area (Å²) in [7, 11) is 1.53. The first-order valence-electron chi connectivity index (χ1n) is 14.2. The Hall–Kier alpha value is -5.25. The monoisotopic (exact) mass is 598 g/mol. The van der Waals surface area contributed by atoms with E-state index in [4.69, 9.17) is 4.74 Å². The standard InChI is InChI=1S/C34H32F2N4O4/c1-44-29-16-8-25(9-17-29)33(42)40(22-24-6-10-26(35)11-7-24)23-32(41)37-27-12-14-28(15-13-27)38-18-20-39(21-19-38)34(43)30-4-2-3-5-31(30)36/h2-17H,18-23H2,1H3,(H,37,41). The molecule has 1 N–H and O–H groups in total. The van der Waals surface area contributed by atoms with E-state index in [-0.39, 0.29) is 42.2 Å². The number of methoxy groups -OCH3 is 1. The zero-order valence-corrected chi connectivity index (χ0v) is 24.2. The maximum absolute atomic E-state index is 14.1. The minimum Gasteiger partial charge on any atom is -0.497 e. The third kappa shape index (κ3) is 7.38. The predicted octanol–water partition coefficient (Wildman–Crippen LogP) is 5.22. The Morgan fingerprint density at radius 1 is 0.818 bits per heavy atom. The fraction of sp³-hybridized carbons (Fsp3) is 0.206. The Labute approximate surface area is 254 Å².